The van der Waals surface area contributed by atoms with Gasteiger partial charge in [-0.1, -0.05) is 5.92 Å². The number of aliphatic hydroxyl groups excluding tert-OH is 1. The number of aromatic nitrogens is 2. The molecule has 1 fully saturated rings. The molecule has 180 valence electrons. The first-order valence-electron chi connectivity index (χ1n) is 7.98. The molecular weight excluding hydrogens is 508 g/mol. The number of aliphatic hydroxyl groups is 1. The Morgan fingerprint density at radius 3 is 2.38 bits per heavy atom. The minimum atomic E-state index is -5.84. The average molecular weight is 524 g/mol. The Morgan fingerprint density at radius 1 is 1.25 bits per heavy atom. The first-order chi connectivity index (χ1) is 14.5. The quantitative estimate of drug-likeness (QED) is 0.156. The Kier molecular flexibility index (Phi) is 7.55. The SMILES string of the molecule is C#C[C@@]1(n2ccc(=O)[nH]c2=O)CO[C@](CF)(COP(=O)(O)OP(=O)(O)OP(=O)(O)O)[C@H]1O. The molecule has 16 nitrogen and oxygen atoms in total. The molecule has 0 saturated carbocycles. The van der Waals surface area contributed by atoms with Crippen LogP contribution in [0.4, 0.5) is 4.39 Å². The first-order valence-corrected chi connectivity index (χ1v) is 12.5. The number of phosphoric ester groups is 1. The molecule has 6 N–H and O–H groups in total. The van der Waals surface area contributed by atoms with E-state index in [0.717, 1.165) is 12.3 Å². The lowest BCUT2D eigenvalue weighted by molar-refractivity contribution is -0.103. The van der Waals surface area contributed by atoms with Crippen molar-refractivity contribution in [1.82, 2.24) is 9.55 Å². The van der Waals surface area contributed by atoms with Gasteiger partial charge >= 0.3 is 29.2 Å². The number of nitrogens with zero attached hydrogens (tertiary/aromatic N) is 1. The second-order valence-corrected chi connectivity index (χ2v) is 10.7. The molecule has 0 aliphatic carbocycles. The molecule has 2 unspecified atom stereocenters. The van der Waals surface area contributed by atoms with E-state index in [2.05, 4.69) is 13.1 Å². The van der Waals surface area contributed by atoms with Crippen LogP contribution < -0.4 is 11.2 Å². The summed E-state index contributed by atoms with van der Waals surface area (Å²) < 4.78 is 64.9. The van der Waals surface area contributed by atoms with Gasteiger partial charge in [-0.15, -0.1) is 6.42 Å². The number of nitrogens with one attached hydrogen (secondary N) is 1. The van der Waals surface area contributed by atoms with Crippen LogP contribution in [0.15, 0.2) is 21.9 Å². The van der Waals surface area contributed by atoms with Gasteiger partial charge in [0, 0.05) is 12.3 Å². The fourth-order valence-corrected chi connectivity index (χ4v) is 5.81. The molecule has 1 saturated heterocycles. The molecule has 0 bridgehead atoms. The molecule has 20 heteroatoms. The highest BCUT2D eigenvalue weighted by molar-refractivity contribution is 7.66. The number of aromatic amines is 1. The number of H-pyrrole nitrogens is 1. The molecule has 2 heterocycles. The molecule has 5 atom stereocenters. The van der Waals surface area contributed by atoms with Gasteiger partial charge in [0.1, 0.15) is 18.4 Å². The summed E-state index contributed by atoms with van der Waals surface area (Å²) in [6.07, 6.45) is 4.14. The highest BCUT2D eigenvalue weighted by Crippen LogP contribution is 2.66. The molecule has 32 heavy (non-hydrogen) atoms. The van der Waals surface area contributed by atoms with E-state index in [9.17, 15) is 37.7 Å². The molecule has 1 aliphatic heterocycles. The number of ether oxygens (including phenoxy) is 1. The Morgan fingerprint density at radius 2 is 1.88 bits per heavy atom. The molecule has 0 spiro atoms. The second-order valence-electron chi connectivity index (χ2n) is 6.30. The van der Waals surface area contributed by atoms with Crippen molar-refractivity contribution in [3.05, 3.63) is 33.1 Å². The number of phosphoric acid groups is 3. The monoisotopic (exact) mass is 524 g/mol. The minimum absolute atomic E-state index is 0.654. The summed E-state index contributed by atoms with van der Waals surface area (Å²) in [4.78, 5) is 60.9. The van der Waals surface area contributed by atoms with Crippen molar-refractivity contribution in [3.63, 3.8) is 0 Å². The van der Waals surface area contributed by atoms with Crippen molar-refractivity contribution in [2.24, 2.45) is 0 Å². The summed E-state index contributed by atoms with van der Waals surface area (Å²) in [5.41, 5.74) is -6.54. The van der Waals surface area contributed by atoms with Crippen LogP contribution in [0.3, 0.4) is 0 Å². The van der Waals surface area contributed by atoms with Crippen LogP contribution in [0.5, 0.6) is 0 Å². The Balaban J connectivity index is 2.29. The summed E-state index contributed by atoms with van der Waals surface area (Å²) in [7, 11) is -17.2. The Labute approximate surface area is 177 Å². The highest BCUT2D eigenvalue weighted by Gasteiger charge is 2.60. The van der Waals surface area contributed by atoms with Crippen LogP contribution in [-0.4, -0.2) is 65.8 Å². The predicted octanol–water partition coefficient (Wildman–Crippen LogP) is -1.69. The molecule has 1 aromatic rings. The van der Waals surface area contributed by atoms with Crippen LogP contribution in [0.2, 0.25) is 0 Å². The third-order valence-electron chi connectivity index (χ3n) is 4.15. The van der Waals surface area contributed by atoms with Crippen molar-refractivity contribution >= 4 is 23.5 Å². The summed E-state index contributed by atoms with van der Waals surface area (Å²) >= 11 is 0. The van der Waals surface area contributed by atoms with Gasteiger partial charge in [0.05, 0.1) is 13.2 Å². The van der Waals surface area contributed by atoms with Crippen LogP contribution >= 0.6 is 23.5 Å². The molecular formula is C12H16FN2O14P3. The largest absolute Gasteiger partial charge is 0.490 e. The van der Waals surface area contributed by atoms with Crippen LogP contribution in [0, 0.1) is 12.3 Å². The molecule has 0 aromatic carbocycles. The smallest absolute Gasteiger partial charge is 0.386 e. The van der Waals surface area contributed by atoms with Gasteiger partial charge in [-0.25, -0.2) is 22.9 Å². The molecule has 0 radical (unpaired) electrons. The summed E-state index contributed by atoms with van der Waals surface area (Å²) in [6, 6.07) is 0.870. The third kappa shape index (κ3) is 5.70. The lowest BCUT2D eigenvalue weighted by atomic mass is 9.86. The molecule has 0 amide bonds. The number of rotatable bonds is 9. The van der Waals surface area contributed by atoms with Crippen molar-refractivity contribution in [2.75, 3.05) is 19.9 Å². The van der Waals surface area contributed by atoms with E-state index in [0.29, 0.717) is 4.57 Å². The van der Waals surface area contributed by atoms with Gasteiger partial charge in [-0.05, 0) is 0 Å². The highest BCUT2D eigenvalue weighted by atomic mass is 31.3. The predicted molar refractivity (Wildman–Crippen MR) is 98.6 cm³/mol. The zero-order chi connectivity index (χ0) is 24.6. The van der Waals surface area contributed by atoms with Gasteiger partial charge in [-0.2, -0.15) is 8.62 Å². The summed E-state index contributed by atoms with van der Waals surface area (Å²) in [5.74, 6) is 2.04. The molecule has 1 aliphatic rings. The van der Waals surface area contributed by atoms with Gasteiger partial charge in [-0.3, -0.25) is 18.9 Å². The summed E-state index contributed by atoms with van der Waals surface area (Å²) in [6.45, 7) is -3.75. The van der Waals surface area contributed by atoms with E-state index >= 15 is 0 Å². The van der Waals surface area contributed by atoms with Gasteiger partial charge in [0.25, 0.3) is 5.56 Å². The Hall–Kier alpha value is -1.50. The van der Waals surface area contributed by atoms with E-state index in [4.69, 9.17) is 25.8 Å². The average Bonchev–Trinajstić information content (AvgIpc) is 2.91. The maximum atomic E-state index is 13.9. The van der Waals surface area contributed by atoms with E-state index in [1.165, 1.54) is 0 Å². The third-order valence-corrected chi connectivity index (χ3v) is 7.93. The lowest BCUT2D eigenvalue weighted by Crippen LogP contribution is -2.57. The van der Waals surface area contributed by atoms with E-state index < -0.39 is 71.8 Å². The van der Waals surface area contributed by atoms with Gasteiger partial charge < -0.3 is 29.4 Å². The fourth-order valence-electron chi connectivity index (χ4n) is 2.73. The zero-order valence-electron chi connectivity index (χ0n) is 15.5. The normalized spacial score (nSPS) is 29.7. The second kappa shape index (κ2) is 9.03. The minimum Gasteiger partial charge on any atom is -0.386 e. The number of alkyl halides is 1. The van der Waals surface area contributed by atoms with E-state index in [-0.39, 0.29) is 0 Å². The lowest BCUT2D eigenvalue weighted by Gasteiger charge is -2.33. The van der Waals surface area contributed by atoms with Crippen molar-refractivity contribution in [2.45, 2.75) is 17.2 Å². The number of hydrogen-bond acceptors (Lipinski definition) is 10. The maximum Gasteiger partial charge on any atom is 0.490 e. The van der Waals surface area contributed by atoms with Crippen molar-refractivity contribution in [3.8, 4) is 12.3 Å². The number of terminal acetylenes is 1. The summed E-state index contributed by atoms with van der Waals surface area (Å²) in [5, 5.41) is 10.7. The van der Waals surface area contributed by atoms with E-state index in [1.54, 1.807) is 0 Å². The number of hydrogen-bond donors (Lipinski definition) is 6. The van der Waals surface area contributed by atoms with Crippen LogP contribution in [0.1, 0.15) is 0 Å². The zero-order valence-corrected chi connectivity index (χ0v) is 18.2. The standard InChI is InChI=1S/C12H16FN2O14P3/c1-2-11(15-4-3-8(16)14-10(15)18)6-26-12(5-13,9(11)17)7-27-31(22,23)29-32(24,25)28-30(19,20)21/h1,3-4,9,17H,5-7H2,(H,22,23)(H,24,25)(H,14,16,18)(H2,19,20,21)/t9-,11+,12+/m0/s1. The maximum absolute atomic E-state index is 13.9. The Bertz CT molecular complexity index is 1170. The van der Waals surface area contributed by atoms with Crippen molar-refractivity contribution < 1.29 is 60.6 Å². The molecule has 1 aromatic heterocycles. The van der Waals surface area contributed by atoms with Crippen molar-refractivity contribution in [1.29, 1.82) is 0 Å². The number of halogens is 1. The molecule has 2 rings (SSSR count). The van der Waals surface area contributed by atoms with Crippen LogP contribution in [-0.2, 0) is 37.1 Å². The van der Waals surface area contributed by atoms with Crippen LogP contribution in [0.25, 0.3) is 0 Å². The fraction of sp³-hybridized carbons (Fsp3) is 0.500. The van der Waals surface area contributed by atoms with Gasteiger partial charge in [0.2, 0.25) is 0 Å². The van der Waals surface area contributed by atoms with Gasteiger partial charge in [0.15, 0.2) is 5.54 Å². The van der Waals surface area contributed by atoms with E-state index in [1.807, 2.05) is 10.9 Å². The topological polar surface area (TPSA) is 244 Å². The first kappa shape index (κ1) is 26.7.